The lowest BCUT2D eigenvalue weighted by atomic mass is 10.1. The molecule has 5 heteroatoms. The van der Waals surface area contributed by atoms with E-state index in [1.54, 1.807) is 18.2 Å². The van der Waals surface area contributed by atoms with Gasteiger partial charge in [-0.15, -0.1) is 0 Å². The number of nitrogens with one attached hydrogen (secondary N) is 3. The summed E-state index contributed by atoms with van der Waals surface area (Å²) in [6, 6.07) is 7.14. The highest BCUT2D eigenvalue weighted by atomic mass is 35.5. The molecule has 0 aliphatic carbocycles. The summed E-state index contributed by atoms with van der Waals surface area (Å²) in [4.78, 5) is 11.7. The molecule has 1 aromatic carbocycles. The maximum atomic E-state index is 11.7. The van der Waals surface area contributed by atoms with E-state index in [-0.39, 0.29) is 12.1 Å². The van der Waals surface area contributed by atoms with Crippen LogP contribution in [0.4, 0.5) is 10.5 Å². The molecule has 1 heterocycles. The predicted octanol–water partition coefficient (Wildman–Crippen LogP) is 2.21. The number of anilines is 1. The van der Waals surface area contributed by atoms with Crippen molar-refractivity contribution >= 4 is 23.3 Å². The van der Waals surface area contributed by atoms with E-state index in [0.717, 1.165) is 25.9 Å². The number of urea groups is 1. The minimum Gasteiger partial charge on any atom is -0.334 e. The number of benzene rings is 1. The second-order valence-electron chi connectivity index (χ2n) is 4.15. The highest BCUT2D eigenvalue weighted by Gasteiger charge is 2.14. The first-order valence-corrected chi connectivity index (χ1v) is 6.15. The van der Waals surface area contributed by atoms with E-state index >= 15 is 0 Å². The molecule has 2 rings (SSSR count). The molecule has 2 amide bonds. The van der Waals surface area contributed by atoms with Crippen LogP contribution in [-0.2, 0) is 0 Å². The van der Waals surface area contributed by atoms with Crippen LogP contribution in [0, 0.1) is 0 Å². The van der Waals surface area contributed by atoms with Crippen molar-refractivity contribution in [1.29, 1.82) is 0 Å². The Kier molecular flexibility index (Phi) is 4.23. The summed E-state index contributed by atoms with van der Waals surface area (Å²) in [7, 11) is 0. The van der Waals surface area contributed by atoms with Crippen LogP contribution in [0.2, 0.25) is 5.02 Å². The maximum Gasteiger partial charge on any atom is 0.319 e. The SMILES string of the molecule is O=C(Nc1cccc(Cl)c1)N[C@H]1CCCNC1. The van der Waals surface area contributed by atoms with Crippen molar-refractivity contribution in [3.8, 4) is 0 Å². The van der Waals surface area contributed by atoms with Crippen molar-refractivity contribution < 1.29 is 4.79 Å². The van der Waals surface area contributed by atoms with E-state index in [4.69, 9.17) is 11.6 Å². The standard InChI is InChI=1S/C12H16ClN3O/c13-9-3-1-4-10(7-9)15-12(17)16-11-5-2-6-14-8-11/h1,3-4,7,11,14H,2,5-6,8H2,(H2,15,16,17)/t11-/m0/s1. The molecule has 1 aliphatic rings. The van der Waals surface area contributed by atoms with Gasteiger partial charge in [-0.3, -0.25) is 0 Å². The van der Waals surface area contributed by atoms with Crippen LogP contribution in [0.3, 0.4) is 0 Å². The van der Waals surface area contributed by atoms with Gasteiger partial charge in [0.05, 0.1) is 0 Å². The summed E-state index contributed by atoms with van der Waals surface area (Å²) in [6.07, 6.45) is 2.12. The Balaban J connectivity index is 1.84. The Labute approximate surface area is 106 Å². The third-order valence-electron chi connectivity index (χ3n) is 2.71. The van der Waals surface area contributed by atoms with Gasteiger partial charge in [0.2, 0.25) is 0 Å². The average Bonchev–Trinajstić information content (AvgIpc) is 2.30. The maximum absolute atomic E-state index is 11.7. The van der Waals surface area contributed by atoms with Gasteiger partial charge >= 0.3 is 6.03 Å². The zero-order chi connectivity index (χ0) is 12.1. The van der Waals surface area contributed by atoms with Gasteiger partial charge in [-0.1, -0.05) is 17.7 Å². The molecule has 1 aliphatic heterocycles. The first kappa shape index (κ1) is 12.2. The van der Waals surface area contributed by atoms with Gasteiger partial charge in [0.1, 0.15) is 0 Å². The van der Waals surface area contributed by atoms with Gasteiger partial charge in [0.25, 0.3) is 0 Å². The normalized spacial score (nSPS) is 19.7. The van der Waals surface area contributed by atoms with Crippen molar-refractivity contribution in [1.82, 2.24) is 10.6 Å². The minimum absolute atomic E-state index is 0.180. The van der Waals surface area contributed by atoms with Gasteiger partial charge in [0, 0.05) is 23.3 Å². The molecule has 17 heavy (non-hydrogen) atoms. The number of amides is 2. The number of halogens is 1. The van der Waals surface area contributed by atoms with Gasteiger partial charge in [-0.05, 0) is 37.6 Å². The fourth-order valence-corrected chi connectivity index (χ4v) is 2.08. The van der Waals surface area contributed by atoms with Crippen molar-refractivity contribution in [2.45, 2.75) is 18.9 Å². The molecular formula is C12H16ClN3O. The first-order chi connectivity index (χ1) is 8.24. The molecule has 4 nitrogen and oxygen atoms in total. The van der Waals surface area contributed by atoms with Crippen LogP contribution in [0.5, 0.6) is 0 Å². The molecule has 1 atom stereocenters. The van der Waals surface area contributed by atoms with E-state index < -0.39 is 0 Å². The van der Waals surface area contributed by atoms with Crippen LogP contribution in [0.25, 0.3) is 0 Å². The molecule has 0 unspecified atom stereocenters. The van der Waals surface area contributed by atoms with Crippen molar-refractivity contribution in [3.05, 3.63) is 29.3 Å². The molecule has 0 bridgehead atoms. The molecule has 92 valence electrons. The van der Waals surface area contributed by atoms with Gasteiger partial charge < -0.3 is 16.0 Å². The summed E-state index contributed by atoms with van der Waals surface area (Å²) in [6.45, 7) is 1.87. The fourth-order valence-electron chi connectivity index (χ4n) is 1.89. The van der Waals surface area contributed by atoms with E-state index in [9.17, 15) is 4.79 Å². The van der Waals surface area contributed by atoms with Gasteiger partial charge in [0.15, 0.2) is 0 Å². The lowest BCUT2D eigenvalue weighted by molar-refractivity contribution is 0.245. The largest absolute Gasteiger partial charge is 0.334 e. The molecule has 1 fully saturated rings. The summed E-state index contributed by atoms with van der Waals surface area (Å²) < 4.78 is 0. The van der Waals surface area contributed by atoms with Gasteiger partial charge in [-0.25, -0.2) is 4.79 Å². The molecule has 0 radical (unpaired) electrons. The van der Waals surface area contributed by atoms with Crippen LogP contribution >= 0.6 is 11.6 Å². The van der Waals surface area contributed by atoms with E-state index in [0.29, 0.717) is 10.7 Å². The second-order valence-corrected chi connectivity index (χ2v) is 4.59. The summed E-state index contributed by atoms with van der Waals surface area (Å²) in [5, 5.41) is 9.56. The quantitative estimate of drug-likeness (QED) is 0.757. The highest BCUT2D eigenvalue weighted by Crippen LogP contribution is 2.14. The molecule has 0 spiro atoms. The van der Waals surface area contributed by atoms with Crippen LogP contribution in [0.15, 0.2) is 24.3 Å². The summed E-state index contributed by atoms with van der Waals surface area (Å²) in [5.41, 5.74) is 0.707. The van der Waals surface area contributed by atoms with Crippen molar-refractivity contribution in [2.75, 3.05) is 18.4 Å². The molecule has 1 saturated heterocycles. The fraction of sp³-hybridized carbons (Fsp3) is 0.417. The molecular weight excluding hydrogens is 238 g/mol. The van der Waals surface area contributed by atoms with Crippen molar-refractivity contribution in [2.24, 2.45) is 0 Å². The number of rotatable bonds is 2. The zero-order valence-corrected chi connectivity index (χ0v) is 10.3. The zero-order valence-electron chi connectivity index (χ0n) is 9.50. The van der Waals surface area contributed by atoms with Crippen LogP contribution in [0.1, 0.15) is 12.8 Å². The minimum atomic E-state index is -0.180. The molecule has 1 aromatic rings. The van der Waals surface area contributed by atoms with Gasteiger partial charge in [-0.2, -0.15) is 0 Å². The number of carbonyl (C=O) groups excluding carboxylic acids is 1. The Morgan fingerprint density at radius 1 is 1.47 bits per heavy atom. The third-order valence-corrected chi connectivity index (χ3v) is 2.95. The Morgan fingerprint density at radius 2 is 2.35 bits per heavy atom. The molecule has 0 aromatic heterocycles. The van der Waals surface area contributed by atoms with Crippen LogP contribution in [-0.4, -0.2) is 25.2 Å². The Bertz CT molecular complexity index is 391. The summed E-state index contributed by atoms with van der Waals surface area (Å²) >= 11 is 5.84. The highest BCUT2D eigenvalue weighted by molar-refractivity contribution is 6.30. The Hall–Kier alpha value is -1.26. The monoisotopic (exact) mass is 253 g/mol. The summed E-state index contributed by atoms with van der Waals surface area (Å²) in [5.74, 6) is 0. The Morgan fingerprint density at radius 3 is 3.06 bits per heavy atom. The predicted molar refractivity (Wildman–Crippen MR) is 69.5 cm³/mol. The smallest absolute Gasteiger partial charge is 0.319 e. The first-order valence-electron chi connectivity index (χ1n) is 5.78. The number of hydrogen-bond donors (Lipinski definition) is 3. The molecule has 0 saturated carbocycles. The van der Waals surface area contributed by atoms with E-state index in [1.807, 2.05) is 6.07 Å². The van der Waals surface area contributed by atoms with E-state index in [2.05, 4.69) is 16.0 Å². The van der Waals surface area contributed by atoms with Crippen LogP contribution < -0.4 is 16.0 Å². The lowest BCUT2D eigenvalue weighted by Gasteiger charge is -2.23. The number of piperidine rings is 1. The number of hydrogen-bond acceptors (Lipinski definition) is 2. The van der Waals surface area contributed by atoms with E-state index in [1.165, 1.54) is 0 Å². The number of carbonyl (C=O) groups is 1. The van der Waals surface area contributed by atoms with Crippen molar-refractivity contribution in [3.63, 3.8) is 0 Å². The topological polar surface area (TPSA) is 53.2 Å². The lowest BCUT2D eigenvalue weighted by Crippen LogP contribution is -2.47. The second kappa shape index (κ2) is 5.89. The molecule has 3 N–H and O–H groups in total. The average molecular weight is 254 g/mol. The third kappa shape index (κ3) is 3.91.